The second-order valence-electron chi connectivity index (χ2n) is 9.56. The van der Waals surface area contributed by atoms with Crippen LogP contribution in [0.3, 0.4) is 0 Å². The minimum atomic E-state index is -3.91. The Kier molecular flexibility index (Phi) is 8.35. The molecule has 0 unspecified atom stereocenters. The van der Waals surface area contributed by atoms with Crippen LogP contribution in [0.15, 0.2) is 40.3 Å². The second kappa shape index (κ2) is 10.2. The van der Waals surface area contributed by atoms with Crippen LogP contribution in [0.25, 0.3) is 0 Å². The Bertz CT molecular complexity index is 972. The Morgan fingerprint density at radius 1 is 0.935 bits per heavy atom. The van der Waals surface area contributed by atoms with Gasteiger partial charge in [-0.15, -0.1) is 5.54 Å². The highest BCUT2D eigenvalue weighted by atomic mass is 32.2. The molecular weight excluding hydrogens is 422 g/mol. The van der Waals surface area contributed by atoms with E-state index in [1.807, 2.05) is 6.92 Å². The Morgan fingerprint density at radius 3 is 1.97 bits per heavy atom. The summed E-state index contributed by atoms with van der Waals surface area (Å²) in [7, 11) is -5.83. The van der Waals surface area contributed by atoms with Crippen molar-refractivity contribution in [3.63, 3.8) is 0 Å². The first-order valence-electron chi connectivity index (χ1n) is 11.3. The molecule has 6 heteroatoms. The second-order valence-corrected chi connectivity index (χ2v) is 16.8. The van der Waals surface area contributed by atoms with Gasteiger partial charge in [-0.3, -0.25) is 4.79 Å². The number of rotatable bonds is 6. The van der Waals surface area contributed by atoms with Gasteiger partial charge < -0.3 is 0 Å². The standard InChI is InChI=1S/C25H37NO3SSi/c1-18(2)31(19(3)4,20(5)6)17-16-22-10-8-9-11-24(22)25(27)26-30(28,29)23-14-12-21(7)13-15-23/h12-15,18-20H,8-11H2,1-7H3,(H,26,27). The number of nitrogens with one attached hydrogen (secondary N) is 1. The van der Waals surface area contributed by atoms with Gasteiger partial charge in [0.05, 0.1) is 4.90 Å². The van der Waals surface area contributed by atoms with Gasteiger partial charge in [0.25, 0.3) is 15.9 Å². The van der Waals surface area contributed by atoms with Gasteiger partial charge in [-0.05, 0) is 61.4 Å². The van der Waals surface area contributed by atoms with Crippen molar-refractivity contribution in [1.82, 2.24) is 4.72 Å². The zero-order valence-electron chi connectivity index (χ0n) is 20.0. The van der Waals surface area contributed by atoms with E-state index in [-0.39, 0.29) is 4.90 Å². The van der Waals surface area contributed by atoms with E-state index in [9.17, 15) is 13.2 Å². The lowest BCUT2D eigenvalue weighted by Gasteiger charge is -2.38. The average Bonchev–Trinajstić information content (AvgIpc) is 2.68. The van der Waals surface area contributed by atoms with Gasteiger partial charge >= 0.3 is 0 Å². The number of hydrogen-bond acceptors (Lipinski definition) is 3. The van der Waals surface area contributed by atoms with Gasteiger partial charge in [0.2, 0.25) is 0 Å². The molecule has 0 radical (unpaired) electrons. The number of allylic oxidation sites excluding steroid dienone is 1. The maximum atomic E-state index is 13.0. The van der Waals surface area contributed by atoms with E-state index in [1.165, 1.54) is 12.1 Å². The molecule has 4 nitrogen and oxygen atoms in total. The number of carbonyl (C=O) groups is 1. The molecule has 0 aliphatic heterocycles. The van der Waals surface area contributed by atoms with Crippen LogP contribution in [0.2, 0.25) is 16.6 Å². The fourth-order valence-electron chi connectivity index (χ4n) is 4.87. The summed E-state index contributed by atoms with van der Waals surface area (Å²) >= 11 is 0. The Balaban J connectivity index is 2.42. The number of aryl methyl sites for hydroxylation is 1. The summed E-state index contributed by atoms with van der Waals surface area (Å²) in [6.45, 7) is 15.5. The number of carbonyl (C=O) groups excluding carboxylic acids is 1. The largest absolute Gasteiger partial charge is 0.269 e. The lowest BCUT2D eigenvalue weighted by molar-refractivity contribution is -0.116. The zero-order valence-corrected chi connectivity index (χ0v) is 21.8. The molecule has 0 bridgehead atoms. The lowest BCUT2D eigenvalue weighted by Crippen LogP contribution is -2.43. The average molecular weight is 460 g/mol. The fraction of sp³-hybridized carbons (Fsp3) is 0.560. The maximum Gasteiger partial charge on any atom is 0.264 e. The normalized spacial score (nSPS) is 15.3. The molecule has 0 saturated heterocycles. The van der Waals surface area contributed by atoms with E-state index in [4.69, 9.17) is 0 Å². The van der Waals surface area contributed by atoms with Gasteiger partial charge in [-0.1, -0.05) is 65.2 Å². The molecule has 0 heterocycles. The summed E-state index contributed by atoms with van der Waals surface area (Å²) in [5.41, 5.74) is 7.52. The zero-order chi connectivity index (χ0) is 23.4. The third-order valence-corrected chi connectivity index (χ3v) is 14.2. The Morgan fingerprint density at radius 2 is 1.45 bits per heavy atom. The minimum Gasteiger partial charge on any atom is -0.269 e. The summed E-state index contributed by atoms with van der Waals surface area (Å²) in [4.78, 5) is 13.1. The highest BCUT2D eigenvalue weighted by molar-refractivity contribution is 7.90. The molecule has 1 amide bonds. The van der Waals surface area contributed by atoms with E-state index in [1.54, 1.807) is 12.1 Å². The first kappa shape index (κ1) is 25.4. The first-order chi connectivity index (χ1) is 14.4. The first-order valence-corrected chi connectivity index (χ1v) is 15.0. The van der Waals surface area contributed by atoms with E-state index in [2.05, 4.69) is 57.7 Å². The molecule has 31 heavy (non-hydrogen) atoms. The summed E-state index contributed by atoms with van der Waals surface area (Å²) in [5.74, 6) is 2.87. The monoisotopic (exact) mass is 459 g/mol. The summed E-state index contributed by atoms with van der Waals surface area (Å²) < 4.78 is 27.7. The smallest absolute Gasteiger partial charge is 0.264 e. The third kappa shape index (κ3) is 5.70. The van der Waals surface area contributed by atoms with Crippen molar-refractivity contribution < 1.29 is 13.2 Å². The van der Waals surface area contributed by atoms with E-state index >= 15 is 0 Å². The van der Waals surface area contributed by atoms with E-state index < -0.39 is 24.0 Å². The molecule has 2 rings (SSSR count). The molecule has 0 aromatic heterocycles. The van der Waals surface area contributed by atoms with E-state index in [0.717, 1.165) is 30.4 Å². The third-order valence-electron chi connectivity index (χ3n) is 6.60. The van der Waals surface area contributed by atoms with Crippen molar-refractivity contribution in [1.29, 1.82) is 0 Å². The van der Waals surface area contributed by atoms with Crippen molar-refractivity contribution in [2.24, 2.45) is 0 Å². The lowest BCUT2D eigenvalue weighted by atomic mass is 9.92. The van der Waals surface area contributed by atoms with Crippen LogP contribution in [0.5, 0.6) is 0 Å². The molecule has 0 fully saturated rings. The maximum absolute atomic E-state index is 13.0. The predicted molar refractivity (Wildman–Crippen MR) is 131 cm³/mol. The van der Waals surface area contributed by atoms with Crippen molar-refractivity contribution in [3.05, 3.63) is 41.0 Å². The summed E-state index contributed by atoms with van der Waals surface area (Å²) in [6, 6.07) is 6.50. The quantitative estimate of drug-likeness (QED) is 0.426. The number of sulfonamides is 1. The number of benzene rings is 1. The van der Waals surface area contributed by atoms with Crippen LogP contribution >= 0.6 is 0 Å². The molecule has 170 valence electrons. The van der Waals surface area contributed by atoms with Crippen LogP contribution in [-0.2, 0) is 14.8 Å². The van der Waals surface area contributed by atoms with Crippen LogP contribution < -0.4 is 4.72 Å². The summed E-state index contributed by atoms with van der Waals surface area (Å²) in [6.07, 6.45) is 3.16. The SMILES string of the molecule is Cc1ccc(S(=O)(=O)NC(=O)C2=C(C#C[Si](C(C)C)(C(C)C)C(C)C)CCCC2)cc1. The molecule has 0 atom stereocenters. The van der Waals surface area contributed by atoms with Crippen LogP contribution in [0.1, 0.15) is 72.8 Å². The van der Waals surface area contributed by atoms with Gasteiger partial charge in [-0.25, -0.2) is 13.1 Å². The molecule has 1 aliphatic rings. The van der Waals surface area contributed by atoms with E-state index in [0.29, 0.717) is 28.6 Å². The van der Waals surface area contributed by atoms with Crippen LogP contribution in [0.4, 0.5) is 0 Å². The molecule has 1 aromatic carbocycles. The fourth-order valence-corrected chi connectivity index (χ4v) is 11.1. The van der Waals surface area contributed by atoms with Crippen LogP contribution in [-0.4, -0.2) is 22.4 Å². The van der Waals surface area contributed by atoms with Crippen molar-refractivity contribution >= 4 is 24.0 Å². The Hall–Kier alpha value is -1.84. The van der Waals surface area contributed by atoms with Crippen molar-refractivity contribution in [3.8, 4) is 11.5 Å². The molecule has 1 aliphatic carbocycles. The van der Waals surface area contributed by atoms with Crippen LogP contribution in [0, 0.1) is 18.4 Å². The summed E-state index contributed by atoms with van der Waals surface area (Å²) in [5, 5.41) is 0. The number of amides is 1. The predicted octanol–water partition coefficient (Wildman–Crippen LogP) is 5.89. The van der Waals surface area contributed by atoms with Gasteiger partial charge in [-0.2, -0.15) is 0 Å². The highest BCUT2D eigenvalue weighted by Crippen LogP contribution is 2.41. The van der Waals surface area contributed by atoms with Gasteiger partial charge in [0.15, 0.2) is 0 Å². The number of hydrogen-bond donors (Lipinski definition) is 1. The van der Waals surface area contributed by atoms with Gasteiger partial charge in [0, 0.05) is 11.1 Å². The highest BCUT2D eigenvalue weighted by Gasteiger charge is 2.41. The molecular formula is C25H37NO3SSi. The molecule has 1 N–H and O–H groups in total. The Labute approximate surface area is 190 Å². The molecule has 1 aromatic rings. The molecule has 0 saturated carbocycles. The van der Waals surface area contributed by atoms with Gasteiger partial charge in [0.1, 0.15) is 8.07 Å². The topological polar surface area (TPSA) is 63.2 Å². The van der Waals surface area contributed by atoms with Crippen molar-refractivity contribution in [2.75, 3.05) is 0 Å². The van der Waals surface area contributed by atoms with Crippen molar-refractivity contribution in [2.45, 2.75) is 95.7 Å². The molecule has 0 spiro atoms. The minimum absolute atomic E-state index is 0.0985.